The summed E-state index contributed by atoms with van der Waals surface area (Å²) in [6.45, 7) is 14.5. The Morgan fingerprint density at radius 1 is 0.522 bits per heavy atom. The first-order valence-corrected chi connectivity index (χ1v) is 11.0. The predicted molar refractivity (Wildman–Crippen MR) is 108 cm³/mol. The van der Waals surface area contributed by atoms with Crippen molar-refractivity contribution < 1.29 is 0 Å². The summed E-state index contributed by atoms with van der Waals surface area (Å²) in [5, 5.41) is 0. The molecule has 0 aromatic heterocycles. The van der Waals surface area contributed by atoms with E-state index in [1.807, 2.05) is 0 Å². The molecule has 140 valence electrons. The van der Waals surface area contributed by atoms with Crippen molar-refractivity contribution in [3.05, 3.63) is 0 Å². The van der Waals surface area contributed by atoms with Gasteiger partial charge >= 0.3 is 0 Å². The highest BCUT2D eigenvalue weighted by Gasteiger charge is 2.24. The van der Waals surface area contributed by atoms with E-state index in [-0.39, 0.29) is 0 Å². The molecule has 0 heterocycles. The molecule has 0 nitrogen and oxygen atoms in total. The first-order valence-electron chi connectivity index (χ1n) is 11.0. The average Bonchev–Trinajstić information content (AvgIpc) is 2.53. The summed E-state index contributed by atoms with van der Waals surface area (Å²) < 4.78 is 0. The van der Waals surface area contributed by atoms with E-state index in [0.717, 1.165) is 23.7 Å². The fourth-order valence-corrected chi connectivity index (χ4v) is 4.00. The minimum atomic E-state index is 0.836. The number of rotatable bonds is 16. The molecule has 0 rings (SSSR count). The van der Waals surface area contributed by atoms with Gasteiger partial charge in [0.05, 0.1) is 0 Å². The van der Waals surface area contributed by atoms with Crippen molar-refractivity contribution in [3.8, 4) is 0 Å². The molecule has 0 spiro atoms. The van der Waals surface area contributed by atoms with Gasteiger partial charge in [-0.25, -0.2) is 0 Å². The molecule has 0 fully saturated rings. The van der Waals surface area contributed by atoms with E-state index in [2.05, 4.69) is 41.5 Å². The predicted octanol–water partition coefficient (Wildman–Crippen LogP) is 8.64. The Balaban J connectivity index is 4.05. The zero-order valence-corrected chi connectivity index (χ0v) is 17.5. The zero-order valence-electron chi connectivity index (χ0n) is 17.5. The Morgan fingerprint density at radius 2 is 0.957 bits per heavy atom. The van der Waals surface area contributed by atoms with Gasteiger partial charge < -0.3 is 0 Å². The molecule has 0 saturated heterocycles. The Hall–Kier alpha value is 0. The lowest BCUT2D eigenvalue weighted by molar-refractivity contribution is 0.176. The van der Waals surface area contributed by atoms with Gasteiger partial charge in [0, 0.05) is 0 Å². The van der Waals surface area contributed by atoms with Crippen molar-refractivity contribution in [2.75, 3.05) is 0 Å². The first-order chi connectivity index (χ1) is 11.0. The maximum Gasteiger partial charge on any atom is -0.0360 e. The van der Waals surface area contributed by atoms with Gasteiger partial charge in [-0.3, -0.25) is 0 Å². The van der Waals surface area contributed by atoms with Crippen LogP contribution in [0.25, 0.3) is 0 Å². The summed E-state index contributed by atoms with van der Waals surface area (Å²) in [7, 11) is 0. The molecule has 0 radical (unpaired) electrons. The fraction of sp³-hybridized carbons (Fsp3) is 1.00. The van der Waals surface area contributed by atoms with Crippen LogP contribution < -0.4 is 0 Å². The third-order valence-electron chi connectivity index (χ3n) is 6.11. The minimum absolute atomic E-state index is 0.836. The Labute approximate surface area is 149 Å². The summed E-state index contributed by atoms with van der Waals surface area (Å²) in [5.74, 6) is 3.59. The van der Waals surface area contributed by atoms with Gasteiger partial charge in [-0.05, 0) is 30.1 Å². The molecule has 0 amide bonds. The normalized spacial score (nSPS) is 15.8. The quantitative estimate of drug-likeness (QED) is 0.249. The van der Waals surface area contributed by atoms with Gasteiger partial charge in [0.25, 0.3) is 0 Å². The van der Waals surface area contributed by atoms with E-state index in [4.69, 9.17) is 0 Å². The standard InChI is InChI=1S/C23H48/c1-7-9-11-13-14-15-16-18-21(5)23(22(6)20(3)4)19-17-12-10-8-2/h20-23H,7-19H2,1-6H3. The van der Waals surface area contributed by atoms with E-state index < -0.39 is 0 Å². The summed E-state index contributed by atoms with van der Waals surface area (Å²) in [6, 6.07) is 0. The van der Waals surface area contributed by atoms with Crippen LogP contribution in [0, 0.1) is 23.7 Å². The third-order valence-corrected chi connectivity index (χ3v) is 6.11. The molecule has 0 aromatic carbocycles. The largest absolute Gasteiger partial charge is 0.0654 e. The molecule has 0 aliphatic rings. The summed E-state index contributed by atoms with van der Waals surface area (Å²) in [5.41, 5.74) is 0. The van der Waals surface area contributed by atoms with Crippen LogP contribution in [0.4, 0.5) is 0 Å². The third kappa shape index (κ3) is 12.1. The van der Waals surface area contributed by atoms with Crippen LogP contribution in [-0.4, -0.2) is 0 Å². The van der Waals surface area contributed by atoms with Crippen LogP contribution in [0.3, 0.4) is 0 Å². The molecule has 3 unspecified atom stereocenters. The molecule has 0 saturated carbocycles. The van der Waals surface area contributed by atoms with Gasteiger partial charge in [0.2, 0.25) is 0 Å². The summed E-state index contributed by atoms with van der Waals surface area (Å²) >= 11 is 0. The average molecular weight is 325 g/mol. The highest BCUT2D eigenvalue weighted by molar-refractivity contribution is 4.75. The monoisotopic (exact) mass is 324 g/mol. The lowest BCUT2D eigenvalue weighted by Crippen LogP contribution is -2.24. The highest BCUT2D eigenvalue weighted by Crippen LogP contribution is 2.34. The SMILES string of the molecule is CCCCCCCCCC(C)C(CCCCCC)C(C)C(C)C. The van der Waals surface area contributed by atoms with Gasteiger partial charge in [-0.1, -0.05) is 119 Å². The summed E-state index contributed by atoms with van der Waals surface area (Å²) in [4.78, 5) is 0. The van der Waals surface area contributed by atoms with Crippen molar-refractivity contribution in [2.45, 2.75) is 125 Å². The van der Waals surface area contributed by atoms with Crippen molar-refractivity contribution >= 4 is 0 Å². The second-order valence-corrected chi connectivity index (χ2v) is 8.50. The number of unbranched alkanes of at least 4 members (excludes halogenated alkanes) is 9. The summed E-state index contributed by atoms with van der Waals surface area (Å²) in [6.07, 6.45) is 18.7. The van der Waals surface area contributed by atoms with Gasteiger partial charge in [-0.15, -0.1) is 0 Å². The van der Waals surface area contributed by atoms with E-state index in [0.29, 0.717) is 0 Å². The van der Waals surface area contributed by atoms with E-state index in [1.54, 1.807) is 0 Å². The van der Waals surface area contributed by atoms with Crippen molar-refractivity contribution in [1.82, 2.24) is 0 Å². The minimum Gasteiger partial charge on any atom is -0.0654 e. The number of hydrogen-bond donors (Lipinski definition) is 0. The molecule has 0 aliphatic heterocycles. The smallest absolute Gasteiger partial charge is 0.0360 e. The second kappa shape index (κ2) is 15.5. The van der Waals surface area contributed by atoms with E-state index in [9.17, 15) is 0 Å². The molecule has 23 heavy (non-hydrogen) atoms. The molecule has 0 heteroatoms. The van der Waals surface area contributed by atoms with Crippen LogP contribution in [-0.2, 0) is 0 Å². The van der Waals surface area contributed by atoms with Gasteiger partial charge in [-0.2, -0.15) is 0 Å². The van der Waals surface area contributed by atoms with Crippen LogP contribution in [0.2, 0.25) is 0 Å². The Kier molecular flexibility index (Phi) is 15.5. The van der Waals surface area contributed by atoms with Crippen molar-refractivity contribution in [1.29, 1.82) is 0 Å². The van der Waals surface area contributed by atoms with Crippen LogP contribution in [0.15, 0.2) is 0 Å². The van der Waals surface area contributed by atoms with Gasteiger partial charge in [0.15, 0.2) is 0 Å². The van der Waals surface area contributed by atoms with Gasteiger partial charge in [0.1, 0.15) is 0 Å². The molecule has 0 bridgehead atoms. The van der Waals surface area contributed by atoms with Crippen LogP contribution in [0.1, 0.15) is 125 Å². The molecule has 0 N–H and O–H groups in total. The first kappa shape index (κ1) is 23.0. The van der Waals surface area contributed by atoms with Crippen molar-refractivity contribution in [3.63, 3.8) is 0 Å². The zero-order chi connectivity index (χ0) is 17.5. The maximum atomic E-state index is 2.54. The second-order valence-electron chi connectivity index (χ2n) is 8.50. The maximum absolute atomic E-state index is 2.54. The molecule has 0 aliphatic carbocycles. The number of hydrogen-bond acceptors (Lipinski definition) is 0. The molecule has 3 atom stereocenters. The van der Waals surface area contributed by atoms with E-state index >= 15 is 0 Å². The fourth-order valence-electron chi connectivity index (χ4n) is 4.00. The topological polar surface area (TPSA) is 0 Å². The Morgan fingerprint density at radius 3 is 1.48 bits per heavy atom. The highest BCUT2D eigenvalue weighted by atomic mass is 14.3. The molecule has 0 aromatic rings. The molecular formula is C23H48. The molecular weight excluding hydrogens is 276 g/mol. The van der Waals surface area contributed by atoms with Crippen molar-refractivity contribution in [2.24, 2.45) is 23.7 Å². The van der Waals surface area contributed by atoms with E-state index in [1.165, 1.54) is 83.5 Å². The van der Waals surface area contributed by atoms with Crippen LogP contribution in [0.5, 0.6) is 0 Å². The van der Waals surface area contributed by atoms with Crippen LogP contribution >= 0.6 is 0 Å². The lowest BCUT2D eigenvalue weighted by Gasteiger charge is -2.32. The lowest BCUT2D eigenvalue weighted by atomic mass is 9.73. The Bertz CT molecular complexity index is 230.